The van der Waals surface area contributed by atoms with Crippen molar-refractivity contribution in [3.63, 3.8) is 0 Å². The largest absolute Gasteiger partial charge is 0.482 e. The van der Waals surface area contributed by atoms with Gasteiger partial charge >= 0.3 is 0 Å². The van der Waals surface area contributed by atoms with Crippen LogP contribution in [0, 0.1) is 12.7 Å². The first-order valence-corrected chi connectivity index (χ1v) is 12.0. The first-order valence-electron chi connectivity index (χ1n) is 10.5. The Bertz CT molecular complexity index is 1340. The molecule has 2 heterocycles. The van der Waals surface area contributed by atoms with E-state index in [4.69, 9.17) is 9.26 Å². The molecule has 0 radical (unpaired) electrons. The zero-order valence-electron chi connectivity index (χ0n) is 17.7. The molecule has 1 fully saturated rings. The molecule has 2 aliphatic rings. The minimum absolute atomic E-state index is 0.0194. The number of hydrogen-bond acceptors (Lipinski definition) is 7. The molecule has 0 saturated heterocycles. The highest BCUT2D eigenvalue weighted by Gasteiger charge is 2.31. The molecule has 1 aliphatic heterocycles. The van der Waals surface area contributed by atoms with E-state index in [1.54, 1.807) is 6.92 Å². The molecular formula is C22H21FN4O5S. The molecule has 0 unspecified atom stereocenters. The van der Waals surface area contributed by atoms with Gasteiger partial charge in [-0.1, -0.05) is 17.6 Å². The molecule has 1 amide bonds. The molecule has 1 aliphatic carbocycles. The number of nitrogens with one attached hydrogen (secondary N) is 1. The van der Waals surface area contributed by atoms with Crippen LogP contribution in [0.2, 0.25) is 0 Å². The van der Waals surface area contributed by atoms with E-state index in [1.807, 2.05) is 0 Å². The fourth-order valence-corrected chi connectivity index (χ4v) is 4.76. The van der Waals surface area contributed by atoms with Crippen molar-refractivity contribution in [3.05, 3.63) is 59.5 Å². The smallest absolute Gasteiger partial charge is 0.265 e. The van der Waals surface area contributed by atoms with Gasteiger partial charge in [0, 0.05) is 5.92 Å². The van der Waals surface area contributed by atoms with E-state index in [-0.39, 0.29) is 41.2 Å². The summed E-state index contributed by atoms with van der Waals surface area (Å²) >= 11 is 0. The molecule has 1 N–H and O–H groups in total. The summed E-state index contributed by atoms with van der Waals surface area (Å²) in [5.41, 5.74) is 0.773. The monoisotopic (exact) mass is 472 g/mol. The summed E-state index contributed by atoms with van der Waals surface area (Å²) in [5.74, 6) is 0.626. The highest BCUT2D eigenvalue weighted by molar-refractivity contribution is 7.92. The number of anilines is 2. The van der Waals surface area contributed by atoms with Crippen LogP contribution in [0.3, 0.4) is 0 Å². The van der Waals surface area contributed by atoms with E-state index < -0.39 is 15.8 Å². The predicted octanol–water partition coefficient (Wildman–Crippen LogP) is 3.51. The van der Waals surface area contributed by atoms with Gasteiger partial charge in [-0.3, -0.25) is 14.4 Å². The topological polar surface area (TPSA) is 115 Å². The molecule has 0 atom stereocenters. The van der Waals surface area contributed by atoms with Gasteiger partial charge in [-0.05, 0) is 55.7 Å². The second-order valence-corrected chi connectivity index (χ2v) is 9.83. The SMILES string of the molecule is Cc1ccc(NS(=O)(=O)c2ccc3c(c2)N(Cc2noc(C4CCC4)n2)C(=O)CO3)cc1F. The molecule has 5 rings (SSSR count). The Balaban J connectivity index is 1.42. The first-order chi connectivity index (χ1) is 15.8. The van der Waals surface area contributed by atoms with Gasteiger partial charge in [-0.15, -0.1) is 0 Å². The van der Waals surface area contributed by atoms with Crippen LogP contribution in [-0.2, 0) is 21.4 Å². The lowest BCUT2D eigenvalue weighted by atomic mass is 9.85. The summed E-state index contributed by atoms with van der Waals surface area (Å²) in [6, 6.07) is 8.25. The van der Waals surface area contributed by atoms with Gasteiger partial charge in [-0.25, -0.2) is 12.8 Å². The standard InChI is InChI=1S/C22H21FN4O5S/c1-13-5-6-15(9-17(13)23)26-33(29,30)16-7-8-19-18(10-16)27(21(28)12-31-19)11-20-24-22(32-25-20)14-3-2-4-14/h5-10,14,26H,2-4,11-12H2,1H3. The number of hydrogen-bond donors (Lipinski definition) is 1. The van der Waals surface area contributed by atoms with Crippen LogP contribution in [0.5, 0.6) is 5.75 Å². The molecule has 3 aromatic rings. The van der Waals surface area contributed by atoms with Gasteiger partial charge in [0.15, 0.2) is 12.4 Å². The van der Waals surface area contributed by atoms with E-state index in [0.29, 0.717) is 23.0 Å². The second-order valence-electron chi connectivity index (χ2n) is 8.14. The molecule has 1 saturated carbocycles. The van der Waals surface area contributed by atoms with Gasteiger partial charge in [0.25, 0.3) is 15.9 Å². The molecule has 0 spiro atoms. The molecule has 33 heavy (non-hydrogen) atoms. The van der Waals surface area contributed by atoms with Gasteiger partial charge < -0.3 is 9.26 Å². The summed E-state index contributed by atoms with van der Waals surface area (Å²) in [6.45, 7) is 1.42. The number of aromatic nitrogens is 2. The summed E-state index contributed by atoms with van der Waals surface area (Å²) in [4.78, 5) is 18.3. The zero-order valence-corrected chi connectivity index (χ0v) is 18.6. The van der Waals surface area contributed by atoms with Crippen LogP contribution >= 0.6 is 0 Å². The Labute approximate surface area is 189 Å². The number of aryl methyl sites for hydroxylation is 1. The number of amides is 1. The Morgan fingerprint density at radius 3 is 2.76 bits per heavy atom. The number of carbonyl (C=O) groups is 1. The van der Waals surface area contributed by atoms with E-state index in [0.717, 1.165) is 25.3 Å². The van der Waals surface area contributed by atoms with Gasteiger partial charge in [-0.2, -0.15) is 4.98 Å². The maximum Gasteiger partial charge on any atom is 0.265 e. The van der Waals surface area contributed by atoms with Gasteiger partial charge in [0.1, 0.15) is 11.6 Å². The Morgan fingerprint density at radius 1 is 1.21 bits per heavy atom. The molecule has 2 aromatic carbocycles. The number of carbonyl (C=O) groups excluding carboxylic acids is 1. The van der Waals surface area contributed by atoms with Crippen LogP contribution < -0.4 is 14.4 Å². The van der Waals surface area contributed by atoms with E-state index in [2.05, 4.69) is 14.9 Å². The molecule has 9 nitrogen and oxygen atoms in total. The summed E-state index contributed by atoms with van der Waals surface area (Å²) in [6.07, 6.45) is 3.12. The van der Waals surface area contributed by atoms with Crippen LogP contribution in [0.25, 0.3) is 0 Å². The van der Waals surface area contributed by atoms with Crippen molar-refractivity contribution in [2.24, 2.45) is 0 Å². The fourth-order valence-electron chi connectivity index (χ4n) is 3.69. The number of sulfonamides is 1. The third-order valence-corrected chi connectivity index (χ3v) is 7.22. The first kappa shape index (κ1) is 21.4. The van der Waals surface area contributed by atoms with Crippen LogP contribution in [0.1, 0.15) is 42.5 Å². The normalized spacial score (nSPS) is 16.2. The minimum atomic E-state index is -4.05. The average Bonchev–Trinajstić information content (AvgIpc) is 3.19. The number of halogens is 1. The van der Waals surface area contributed by atoms with Crippen molar-refractivity contribution in [1.29, 1.82) is 0 Å². The lowest BCUT2D eigenvalue weighted by Gasteiger charge is -2.28. The predicted molar refractivity (Wildman–Crippen MR) is 116 cm³/mol. The molecule has 172 valence electrons. The molecular weight excluding hydrogens is 451 g/mol. The highest BCUT2D eigenvalue weighted by Crippen LogP contribution is 2.37. The van der Waals surface area contributed by atoms with Crippen molar-refractivity contribution >= 4 is 27.3 Å². The van der Waals surface area contributed by atoms with Crippen molar-refractivity contribution in [3.8, 4) is 5.75 Å². The maximum atomic E-state index is 13.8. The van der Waals surface area contributed by atoms with Crippen molar-refractivity contribution in [2.75, 3.05) is 16.2 Å². The Hall–Kier alpha value is -3.47. The summed E-state index contributed by atoms with van der Waals surface area (Å²) in [7, 11) is -4.05. The van der Waals surface area contributed by atoms with Gasteiger partial charge in [0.2, 0.25) is 5.89 Å². The van der Waals surface area contributed by atoms with Crippen molar-refractivity contribution < 1.29 is 26.9 Å². The van der Waals surface area contributed by atoms with Crippen LogP contribution in [0.15, 0.2) is 45.8 Å². The van der Waals surface area contributed by atoms with E-state index in [9.17, 15) is 17.6 Å². The van der Waals surface area contributed by atoms with Gasteiger partial charge in [0.05, 0.1) is 22.8 Å². The number of ether oxygens (including phenoxy) is 1. The fraction of sp³-hybridized carbons (Fsp3) is 0.318. The third-order valence-electron chi connectivity index (χ3n) is 5.85. The Kier molecular flexibility index (Phi) is 5.28. The van der Waals surface area contributed by atoms with Crippen LogP contribution in [-0.4, -0.2) is 31.1 Å². The summed E-state index contributed by atoms with van der Waals surface area (Å²) < 4.78 is 52.9. The Morgan fingerprint density at radius 2 is 2.03 bits per heavy atom. The lowest BCUT2D eigenvalue weighted by molar-refractivity contribution is -0.121. The average molecular weight is 472 g/mol. The van der Waals surface area contributed by atoms with Crippen LogP contribution in [0.4, 0.5) is 15.8 Å². The third kappa shape index (κ3) is 4.15. The maximum absolute atomic E-state index is 13.8. The van der Waals surface area contributed by atoms with E-state index >= 15 is 0 Å². The number of rotatable bonds is 6. The van der Waals surface area contributed by atoms with E-state index in [1.165, 1.54) is 35.2 Å². The lowest BCUT2D eigenvalue weighted by Crippen LogP contribution is -2.38. The zero-order chi connectivity index (χ0) is 23.2. The van der Waals surface area contributed by atoms with Crippen molar-refractivity contribution in [1.82, 2.24) is 10.1 Å². The number of nitrogens with zero attached hydrogens (tertiary/aromatic N) is 3. The molecule has 11 heteroatoms. The molecule has 0 bridgehead atoms. The van der Waals surface area contributed by atoms with Crippen molar-refractivity contribution in [2.45, 2.75) is 43.5 Å². The minimum Gasteiger partial charge on any atom is -0.482 e. The summed E-state index contributed by atoms with van der Waals surface area (Å²) in [5, 5.41) is 3.98. The highest BCUT2D eigenvalue weighted by atomic mass is 32.2. The quantitative estimate of drug-likeness (QED) is 0.584. The number of fused-ring (bicyclic) bond motifs is 1. The molecule has 1 aromatic heterocycles. The second kappa shape index (κ2) is 8.14. The number of benzene rings is 2.